The maximum absolute atomic E-state index is 13.5. The van der Waals surface area contributed by atoms with Crippen molar-refractivity contribution in [3.8, 4) is 0 Å². The number of nitrogens with zero attached hydrogens (tertiary/aromatic N) is 6. The number of ether oxygens (including phenoxy) is 4. The summed E-state index contributed by atoms with van der Waals surface area (Å²) >= 11 is 0. The Balaban J connectivity index is 1.59. The third-order valence-electron chi connectivity index (χ3n) is 6.81. The number of carbonyl (C=O) groups excluding carboxylic acids is 2. The van der Waals surface area contributed by atoms with Crippen LogP contribution in [0.3, 0.4) is 0 Å². The van der Waals surface area contributed by atoms with Crippen LogP contribution in [0.2, 0.25) is 0 Å². The van der Waals surface area contributed by atoms with Gasteiger partial charge in [-0.2, -0.15) is 9.97 Å². The van der Waals surface area contributed by atoms with Crippen LogP contribution >= 0.6 is 0 Å². The second-order valence-electron chi connectivity index (χ2n) is 9.29. The highest BCUT2D eigenvalue weighted by Gasteiger charge is 2.43. The molecule has 2 saturated heterocycles. The average Bonchev–Trinajstić information content (AvgIpc) is 2.95. The van der Waals surface area contributed by atoms with Gasteiger partial charge >= 0.3 is 11.9 Å². The molecule has 12 heteroatoms. The first-order valence-corrected chi connectivity index (χ1v) is 12.9. The fraction of sp³-hybridized carbons (Fsp3) is 0.538. The number of pyridine rings is 1. The summed E-state index contributed by atoms with van der Waals surface area (Å²) in [4.78, 5) is 48.0. The van der Waals surface area contributed by atoms with Crippen LogP contribution in [0.15, 0.2) is 29.5 Å². The highest BCUT2D eigenvalue weighted by molar-refractivity contribution is 6.05. The van der Waals surface area contributed by atoms with Crippen molar-refractivity contribution in [2.75, 3.05) is 75.6 Å². The Morgan fingerprint density at radius 1 is 1.00 bits per heavy atom. The van der Waals surface area contributed by atoms with Crippen molar-refractivity contribution in [2.45, 2.75) is 19.8 Å². The Hall–Kier alpha value is -3.64. The fourth-order valence-electron chi connectivity index (χ4n) is 5.01. The molecule has 38 heavy (non-hydrogen) atoms. The van der Waals surface area contributed by atoms with Gasteiger partial charge in [-0.3, -0.25) is 14.6 Å². The minimum atomic E-state index is -0.721. The standard InChI is InChI=1S/C26H32N6O6/c1-17-20(25(34)38-15-14-37-18(2)33)21(19-4-3-5-27-16-19)22-23(28-17)29-26(32-8-12-36-13-9-32)30-24(22)31-6-10-35-11-7-31/h3-5,16,20-21H,6-15H2,1-2H3. The molecule has 2 aromatic rings. The van der Waals surface area contributed by atoms with Gasteiger partial charge in [0, 0.05) is 62.7 Å². The quantitative estimate of drug-likeness (QED) is 0.386. The molecule has 2 fully saturated rings. The Morgan fingerprint density at radius 3 is 2.34 bits per heavy atom. The van der Waals surface area contributed by atoms with Crippen molar-refractivity contribution in [3.05, 3.63) is 35.7 Å². The maximum Gasteiger partial charge on any atom is 0.315 e. The molecule has 5 rings (SSSR count). The molecule has 202 valence electrons. The minimum absolute atomic E-state index is 0.0107. The lowest BCUT2D eigenvalue weighted by atomic mass is 9.77. The first-order chi connectivity index (χ1) is 18.5. The van der Waals surface area contributed by atoms with Gasteiger partial charge in [-0.05, 0) is 18.6 Å². The Morgan fingerprint density at radius 2 is 1.68 bits per heavy atom. The van der Waals surface area contributed by atoms with E-state index in [2.05, 4.69) is 14.8 Å². The number of aromatic nitrogens is 3. The van der Waals surface area contributed by atoms with E-state index in [9.17, 15) is 9.59 Å². The second-order valence-corrected chi connectivity index (χ2v) is 9.29. The van der Waals surface area contributed by atoms with Crippen LogP contribution in [-0.4, -0.2) is 98.4 Å². The molecule has 0 bridgehead atoms. The molecule has 0 aliphatic carbocycles. The van der Waals surface area contributed by atoms with Gasteiger partial charge < -0.3 is 28.7 Å². The van der Waals surface area contributed by atoms with E-state index in [4.69, 9.17) is 33.9 Å². The molecule has 0 spiro atoms. The van der Waals surface area contributed by atoms with Crippen molar-refractivity contribution >= 4 is 35.2 Å². The molecule has 3 aliphatic heterocycles. The SMILES string of the molecule is CC(=O)OCCOC(=O)C1C(C)=Nc2nc(N3CCOCC3)nc(N3CCOCC3)c2C1c1cccnc1. The third-order valence-corrected chi connectivity index (χ3v) is 6.81. The number of carbonyl (C=O) groups is 2. The molecule has 3 aliphatic rings. The fourth-order valence-corrected chi connectivity index (χ4v) is 5.01. The molecular formula is C26H32N6O6. The van der Waals surface area contributed by atoms with E-state index in [-0.39, 0.29) is 13.2 Å². The van der Waals surface area contributed by atoms with Gasteiger partial charge in [0.05, 0.1) is 26.4 Å². The van der Waals surface area contributed by atoms with Gasteiger partial charge in [0.1, 0.15) is 24.9 Å². The normalized spacial score (nSPS) is 21.4. The molecule has 2 atom stereocenters. The first-order valence-electron chi connectivity index (χ1n) is 12.9. The predicted octanol–water partition coefficient (Wildman–Crippen LogP) is 1.51. The molecular weight excluding hydrogens is 492 g/mol. The lowest BCUT2D eigenvalue weighted by molar-refractivity contribution is -0.152. The van der Waals surface area contributed by atoms with E-state index in [1.165, 1.54) is 6.92 Å². The number of hydrogen-bond donors (Lipinski definition) is 0. The summed E-state index contributed by atoms with van der Waals surface area (Å²) < 4.78 is 21.6. The van der Waals surface area contributed by atoms with Crippen molar-refractivity contribution in [3.63, 3.8) is 0 Å². The highest BCUT2D eigenvalue weighted by Crippen LogP contribution is 2.46. The second kappa shape index (κ2) is 11.8. The van der Waals surface area contributed by atoms with Crippen molar-refractivity contribution in [2.24, 2.45) is 10.9 Å². The Labute approximate surface area is 221 Å². The molecule has 0 amide bonds. The molecule has 0 radical (unpaired) electrons. The smallest absolute Gasteiger partial charge is 0.315 e. The number of anilines is 2. The predicted molar refractivity (Wildman–Crippen MR) is 138 cm³/mol. The largest absolute Gasteiger partial charge is 0.462 e. The Bertz CT molecular complexity index is 1180. The Kier molecular flexibility index (Phi) is 8.08. The zero-order valence-electron chi connectivity index (χ0n) is 21.7. The minimum Gasteiger partial charge on any atom is -0.462 e. The summed E-state index contributed by atoms with van der Waals surface area (Å²) in [6.45, 7) is 8.13. The van der Waals surface area contributed by atoms with Crippen LogP contribution in [0.25, 0.3) is 0 Å². The van der Waals surface area contributed by atoms with E-state index in [0.29, 0.717) is 70.1 Å². The molecule has 0 aromatic carbocycles. The lowest BCUT2D eigenvalue weighted by Crippen LogP contribution is -2.41. The monoisotopic (exact) mass is 524 g/mol. The van der Waals surface area contributed by atoms with E-state index in [1.54, 1.807) is 12.4 Å². The third kappa shape index (κ3) is 5.60. The number of aliphatic imine (C=N–C) groups is 1. The molecule has 12 nitrogen and oxygen atoms in total. The van der Waals surface area contributed by atoms with Gasteiger partial charge in [0.25, 0.3) is 0 Å². The summed E-state index contributed by atoms with van der Waals surface area (Å²) in [7, 11) is 0. The van der Waals surface area contributed by atoms with Gasteiger partial charge in [0.2, 0.25) is 5.95 Å². The van der Waals surface area contributed by atoms with Crippen molar-refractivity contribution in [1.82, 2.24) is 15.0 Å². The van der Waals surface area contributed by atoms with Gasteiger partial charge in [-0.25, -0.2) is 4.99 Å². The molecule has 2 aromatic heterocycles. The summed E-state index contributed by atoms with van der Waals surface area (Å²) in [5, 5.41) is 0. The number of morpholine rings is 2. The van der Waals surface area contributed by atoms with E-state index in [1.807, 2.05) is 19.1 Å². The zero-order chi connectivity index (χ0) is 26.5. The maximum atomic E-state index is 13.5. The highest BCUT2D eigenvalue weighted by atomic mass is 16.6. The van der Waals surface area contributed by atoms with E-state index in [0.717, 1.165) is 16.9 Å². The summed E-state index contributed by atoms with van der Waals surface area (Å²) in [5.41, 5.74) is 2.19. The number of hydrogen-bond acceptors (Lipinski definition) is 12. The van der Waals surface area contributed by atoms with Crippen molar-refractivity contribution < 1.29 is 28.5 Å². The molecule has 5 heterocycles. The number of esters is 2. The van der Waals surface area contributed by atoms with Gasteiger partial charge in [-0.15, -0.1) is 0 Å². The van der Waals surface area contributed by atoms with E-state index < -0.39 is 23.8 Å². The lowest BCUT2D eigenvalue weighted by Gasteiger charge is -2.37. The van der Waals surface area contributed by atoms with Crippen LogP contribution < -0.4 is 9.80 Å². The van der Waals surface area contributed by atoms with Crippen molar-refractivity contribution in [1.29, 1.82) is 0 Å². The van der Waals surface area contributed by atoms with Crippen LogP contribution in [0, 0.1) is 5.92 Å². The van der Waals surface area contributed by atoms with Gasteiger partial charge in [-0.1, -0.05) is 6.07 Å². The summed E-state index contributed by atoms with van der Waals surface area (Å²) in [5.74, 6) is -0.195. The van der Waals surface area contributed by atoms with Crippen LogP contribution in [0.1, 0.15) is 30.9 Å². The number of rotatable bonds is 7. The van der Waals surface area contributed by atoms with E-state index >= 15 is 0 Å². The zero-order valence-corrected chi connectivity index (χ0v) is 21.7. The summed E-state index contributed by atoms with van der Waals surface area (Å²) in [6.07, 6.45) is 3.45. The average molecular weight is 525 g/mol. The van der Waals surface area contributed by atoms with Crippen LogP contribution in [0.4, 0.5) is 17.6 Å². The van der Waals surface area contributed by atoms with Crippen LogP contribution in [0.5, 0.6) is 0 Å². The molecule has 0 N–H and O–H groups in total. The van der Waals surface area contributed by atoms with Gasteiger partial charge in [0.15, 0.2) is 5.82 Å². The molecule has 2 unspecified atom stereocenters. The summed E-state index contributed by atoms with van der Waals surface area (Å²) in [6, 6.07) is 3.79. The molecule has 0 saturated carbocycles. The first kappa shape index (κ1) is 26.0. The number of fused-ring (bicyclic) bond motifs is 1. The topological polar surface area (TPSA) is 129 Å². The van der Waals surface area contributed by atoms with Crippen LogP contribution in [-0.2, 0) is 28.5 Å².